The molecular formula is C19H24O5S. The van der Waals surface area contributed by atoms with Crippen molar-refractivity contribution < 1.29 is 24.1 Å². The smallest absolute Gasteiger partial charge is 0.303 e. The van der Waals surface area contributed by atoms with Gasteiger partial charge >= 0.3 is 5.97 Å². The van der Waals surface area contributed by atoms with Gasteiger partial charge in [-0.3, -0.25) is 4.79 Å². The molecule has 0 amide bonds. The Hall–Kier alpha value is -1.60. The van der Waals surface area contributed by atoms with E-state index in [1.54, 1.807) is 30.0 Å². The van der Waals surface area contributed by atoms with Gasteiger partial charge in [0.2, 0.25) is 0 Å². The Kier molecular flexibility index (Phi) is 8.21. The maximum atomic E-state index is 11.4. The van der Waals surface area contributed by atoms with Crippen molar-refractivity contribution in [2.24, 2.45) is 0 Å². The van der Waals surface area contributed by atoms with Gasteiger partial charge in [-0.1, -0.05) is 30.4 Å². The number of aliphatic hydroxyl groups excluding tert-OH is 1. The van der Waals surface area contributed by atoms with Crippen molar-refractivity contribution in [3.8, 4) is 0 Å². The van der Waals surface area contributed by atoms with Crippen molar-refractivity contribution in [1.82, 2.24) is 0 Å². The van der Waals surface area contributed by atoms with Crippen LogP contribution in [0.5, 0.6) is 0 Å². The first-order valence-electron chi connectivity index (χ1n) is 8.25. The molecule has 0 spiro atoms. The number of benzene rings is 1. The highest BCUT2D eigenvalue weighted by molar-refractivity contribution is 7.99. The number of carbonyl (C=O) groups is 1. The molecule has 1 N–H and O–H groups in total. The molecule has 136 valence electrons. The molecule has 1 aromatic rings. The van der Waals surface area contributed by atoms with E-state index in [-0.39, 0.29) is 0 Å². The molecule has 0 radical (unpaired) electrons. The Balaban J connectivity index is 1.98. The number of esters is 1. The van der Waals surface area contributed by atoms with Crippen LogP contribution in [0.4, 0.5) is 0 Å². The zero-order valence-corrected chi connectivity index (χ0v) is 15.2. The van der Waals surface area contributed by atoms with E-state index < -0.39 is 30.6 Å². The van der Waals surface area contributed by atoms with E-state index in [9.17, 15) is 9.90 Å². The van der Waals surface area contributed by atoms with Crippen LogP contribution in [0.15, 0.2) is 59.5 Å². The van der Waals surface area contributed by atoms with Crippen LogP contribution in [0.25, 0.3) is 0 Å². The minimum absolute atomic E-state index is 0.427. The predicted molar refractivity (Wildman–Crippen MR) is 97.3 cm³/mol. The summed E-state index contributed by atoms with van der Waals surface area (Å²) in [5.41, 5.74) is 0. The van der Waals surface area contributed by atoms with Crippen molar-refractivity contribution in [2.45, 2.75) is 43.3 Å². The van der Waals surface area contributed by atoms with Crippen LogP contribution in [0.1, 0.15) is 13.8 Å². The summed E-state index contributed by atoms with van der Waals surface area (Å²) in [6.45, 7) is 3.69. The monoisotopic (exact) mass is 364 g/mol. The number of hydrogen-bond donors (Lipinski definition) is 1. The van der Waals surface area contributed by atoms with E-state index in [1.807, 2.05) is 43.3 Å². The van der Waals surface area contributed by atoms with Gasteiger partial charge < -0.3 is 19.3 Å². The first kappa shape index (κ1) is 19.7. The van der Waals surface area contributed by atoms with Gasteiger partial charge in [-0.05, 0) is 31.2 Å². The second-order valence-electron chi connectivity index (χ2n) is 5.43. The van der Waals surface area contributed by atoms with Crippen LogP contribution < -0.4 is 0 Å². The molecule has 0 unspecified atom stereocenters. The van der Waals surface area contributed by atoms with Crippen LogP contribution in [-0.4, -0.2) is 48.0 Å². The van der Waals surface area contributed by atoms with E-state index in [0.29, 0.717) is 6.61 Å². The second-order valence-corrected chi connectivity index (χ2v) is 6.52. The van der Waals surface area contributed by atoms with Gasteiger partial charge in [-0.15, -0.1) is 11.8 Å². The van der Waals surface area contributed by atoms with Crippen LogP contribution >= 0.6 is 11.8 Å². The Morgan fingerprint density at radius 2 is 2.12 bits per heavy atom. The highest BCUT2D eigenvalue weighted by atomic mass is 32.2. The van der Waals surface area contributed by atoms with E-state index in [0.717, 1.165) is 10.6 Å². The van der Waals surface area contributed by atoms with Gasteiger partial charge in [-0.2, -0.15) is 0 Å². The minimum Gasteiger partial charge on any atom is -0.455 e. The molecule has 0 bridgehead atoms. The van der Waals surface area contributed by atoms with Crippen molar-refractivity contribution in [3.05, 3.63) is 54.6 Å². The molecule has 2 rings (SSSR count). The lowest BCUT2D eigenvalue weighted by atomic mass is 10.0. The van der Waals surface area contributed by atoms with E-state index >= 15 is 0 Å². The number of rotatable bonds is 8. The lowest BCUT2D eigenvalue weighted by Gasteiger charge is -2.33. The average molecular weight is 364 g/mol. The lowest BCUT2D eigenvalue weighted by molar-refractivity contribution is -0.198. The number of aliphatic hydroxyl groups is 1. The van der Waals surface area contributed by atoms with Crippen molar-refractivity contribution in [2.75, 3.05) is 12.4 Å². The van der Waals surface area contributed by atoms with E-state index in [1.165, 1.54) is 6.92 Å². The first-order valence-corrected chi connectivity index (χ1v) is 9.24. The number of ether oxygens (including phenoxy) is 3. The van der Waals surface area contributed by atoms with Crippen LogP contribution in [0, 0.1) is 0 Å². The molecular weight excluding hydrogens is 340 g/mol. The Morgan fingerprint density at radius 1 is 1.36 bits per heavy atom. The molecule has 5 nitrogen and oxygen atoms in total. The summed E-state index contributed by atoms with van der Waals surface area (Å²) in [5, 5.41) is 10.2. The quantitative estimate of drug-likeness (QED) is 0.435. The summed E-state index contributed by atoms with van der Waals surface area (Å²) >= 11 is 1.67. The molecule has 6 heteroatoms. The van der Waals surface area contributed by atoms with Gasteiger partial charge in [0, 0.05) is 24.2 Å². The molecule has 1 aromatic carbocycles. The van der Waals surface area contributed by atoms with E-state index in [4.69, 9.17) is 14.2 Å². The third-order valence-corrected chi connectivity index (χ3v) is 4.43. The maximum Gasteiger partial charge on any atom is 0.303 e. The number of carbonyl (C=O) groups excluding carboxylic acids is 1. The first-order chi connectivity index (χ1) is 12.1. The summed E-state index contributed by atoms with van der Waals surface area (Å²) in [7, 11) is 0. The Labute approximate surface area is 152 Å². The largest absolute Gasteiger partial charge is 0.455 e. The second kappa shape index (κ2) is 10.4. The summed E-state index contributed by atoms with van der Waals surface area (Å²) in [6, 6.07) is 10.0. The van der Waals surface area contributed by atoms with Crippen LogP contribution in [0.2, 0.25) is 0 Å². The topological polar surface area (TPSA) is 65.0 Å². The molecule has 0 saturated carbocycles. The fourth-order valence-corrected chi connectivity index (χ4v) is 3.13. The van der Waals surface area contributed by atoms with Crippen molar-refractivity contribution in [1.29, 1.82) is 0 Å². The van der Waals surface area contributed by atoms with Crippen molar-refractivity contribution >= 4 is 17.7 Å². The zero-order chi connectivity index (χ0) is 18.1. The third-order valence-electron chi connectivity index (χ3n) is 3.47. The average Bonchev–Trinajstić information content (AvgIpc) is 2.60. The molecule has 0 saturated heterocycles. The Bertz CT molecular complexity index is 587. The summed E-state index contributed by atoms with van der Waals surface area (Å²) in [4.78, 5) is 12.6. The highest BCUT2D eigenvalue weighted by Crippen LogP contribution is 2.21. The van der Waals surface area contributed by atoms with Gasteiger partial charge in [0.25, 0.3) is 0 Å². The van der Waals surface area contributed by atoms with Crippen LogP contribution in [-0.2, 0) is 19.0 Å². The molecule has 25 heavy (non-hydrogen) atoms. The lowest BCUT2D eigenvalue weighted by Crippen LogP contribution is -2.45. The standard InChI is InChI=1S/C19H24O5S/c1-3-22-18-12-11-16(21)19(24-18)17(23-14(2)20)10-7-13-25-15-8-5-4-6-9-15/h4-12,16-19,21H,3,13H2,1-2H3/b10-7+/t16-,17-,18-,19-/m0/s1. The highest BCUT2D eigenvalue weighted by Gasteiger charge is 2.33. The molecule has 0 fully saturated rings. The van der Waals surface area contributed by atoms with Crippen molar-refractivity contribution in [3.63, 3.8) is 0 Å². The Morgan fingerprint density at radius 3 is 2.80 bits per heavy atom. The van der Waals surface area contributed by atoms with E-state index in [2.05, 4.69) is 0 Å². The maximum absolute atomic E-state index is 11.4. The SMILES string of the molecule is CCO[C@@H]1C=C[C@H](O)[C@@H]([C@H](/C=C/CSc2ccccc2)OC(C)=O)O1. The minimum atomic E-state index is -0.868. The zero-order valence-electron chi connectivity index (χ0n) is 14.4. The summed E-state index contributed by atoms with van der Waals surface area (Å²) in [6.07, 6.45) is 4.13. The van der Waals surface area contributed by atoms with Crippen LogP contribution in [0.3, 0.4) is 0 Å². The fourth-order valence-electron chi connectivity index (χ4n) is 2.38. The molecule has 1 heterocycles. The molecule has 0 aliphatic carbocycles. The fraction of sp³-hybridized carbons (Fsp3) is 0.421. The normalized spacial score (nSPS) is 24.4. The van der Waals surface area contributed by atoms with Gasteiger partial charge in [-0.25, -0.2) is 0 Å². The summed E-state index contributed by atoms with van der Waals surface area (Å²) in [5.74, 6) is 0.290. The molecule has 1 aliphatic rings. The van der Waals surface area contributed by atoms with Gasteiger partial charge in [0.15, 0.2) is 6.29 Å². The molecule has 4 atom stereocenters. The molecule has 0 aromatic heterocycles. The number of thioether (sulfide) groups is 1. The summed E-state index contributed by atoms with van der Waals surface area (Å²) < 4.78 is 16.5. The number of hydrogen-bond acceptors (Lipinski definition) is 6. The molecule has 1 aliphatic heterocycles. The third kappa shape index (κ3) is 6.66. The van der Waals surface area contributed by atoms with Gasteiger partial charge in [0.05, 0.1) is 0 Å². The van der Waals surface area contributed by atoms with Gasteiger partial charge in [0.1, 0.15) is 18.3 Å². The predicted octanol–water partition coefficient (Wildman–Crippen LogP) is 2.95.